The van der Waals surface area contributed by atoms with E-state index >= 15 is 0 Å². The molecule has 0 unspecified atom stereocenters. The summed E-state index contributed by atoms with van der Waals surface area (Å²) in [6, 6.07) is 0.0902. The van der Waals surface area contributed by atoms with Crippen molar-refractivity contribution in [3.63, 3.8) is 0 Å². The lowest BCUT2D eigenvalue weighted by Crippen LogP contribution is -2.44. The smallest absolute Gasteiger partial charge is 0.404 e. The van der Waals surface area contributed by atoms with Crippen molar-refractivity contribution < 1.29 is 15.0 Å². The van der Waals surface area contributed by atoms with Gasteiger partial charge in [-0.3, -0.25) is 0 Å². The number of aliphatic hydroxyl groups is 1. The molecule has 5 nitrogen and oxygen atoms in total. The minimum Gasteiger partial charge on any atom is -0.465 e. The molecule has 0 bridgehead atoms. The molecule has 1 saturated heterocycles. The van der Waals surface area contributed by atoms with Gasteiger partial charge in [0.1, 0.15) is 0 Å². The second-order valence-electron chi connectivity index (χ2n) is 3.29. The summed E-state index contributed by atoms with van der Waals surface area (Å²) < 4.78 is 0. The lowest BCUT2D eigenvalue weighted by atomic mass is 10.1. The molecule has 0 aliphatic carbocycles. The highest BCUT2D eigenvalue weighted by molar-refractivity contribution is 5.64. The fourth-order valence-electron chi connectivity index (χ4n) is 1.62. The van der Waals surface area contributed by atoms with Gasteiger partial charge in [0.15, 0.2) is 0 Å². The molecule has 1 heterocycles. The zero-order valence-corrected chi connectivity index (χ0v) is 7.57. The maximum atomic E-state index is 10.3. The number of carboxylic acid groups (broad SMARTS) is 1. The van der Waals surface area contributed by atoms with E-state index in [9.17, 15) is 4.79 Å². The maximum Gasteiger partial charge on any atom is 0.404 e. The van der Waals surface area contributed by atoms with Crippen molar-refractivity contribution in [3.8, 4) is 0 Å². The highest BCUT2D eigenvalue weighted by Crippen LogP contribution is 2.09. The Labute approximate surface area is 77.3 Å². The van der Waals surface area contributed by atoms with Gasteiger partial charge < -0.3 is 20.4 Å². The summed E-state index contributed by atoms with van der Waals surface area (Å²) in [5, 5.41) is 19.6. The van der Waals surface area contributed by atoms with E-state index in [1.807, 2.05) is 0 Å². The number of carbonyl (C=O) groups is 1. The molecule has 1 fully saturated rings. The van der Waals surface area contributed by atoms with Gasteiger partial charge in [0, 0.05) is 25.7 Å². The van der Waals surface area contributed by atoms with Crippen LogP contribution in [-0.4, -0.2) is 53.5 Å². The Bertz CT molecular complexity index is 167. The van der Waals surface area contributed by atoms with Crippen LogP contribution in [0.1, 0.15) is 12.8 Å². The molecule has 0 saturated carbocycles. The van der Waals surface area contributed by atoms with Crippen LogP contribution in [0, 0.1) is 0 Å². The quantitative estimate of drug-likeness (QED) is 0.569. The first-order chi connectivity index (χ1) is 6.22. The third-order valence-corrected chi connectivity index (χ3v) is 2.33. The minimum absolute atomic E-state index is 0.0902. The lowest BCUT2D eigenvalue weighted by molar-refractivity contribution is 0.148. The van der Waals surface area contributed by atoms with Gasteiger partial charge in [-0.2, -0.15) is 0 Å². The van der Waals surface area contributed by atoms with E-state index in [-0.39, 0.29) is 12.6 Å². The molecule has 76 valence electrons. The molecule has 1 aliphatic rings. The Balaban J connectivity index is 2.18. The van der Waals surface area contributed by atoms with Gasteiger partial charge in [0.05, 0.1) is 6.61 Å². The first kappa shape index (κ1) is 10.3. The van der Waals surface area contributed by atoms with E-state index in [2.05, 4.69) is 10.2 Å². The monoisotopic (exact) mass is 188 g/mol. The number of hydrogen-bond donors (Lipinski definition) is 3. The van der Waals surface area contributed by atoms with Crippen molar-refractivity contribution in [1.29, 1.82) is 0 Å². The fraction of sp³-hybridized carbons (Fsp3) is 0.875. The molecular weight excluding hydrogens is 172 g/mol. The summed E-state index contributed by atoms with van der Waals surface area (Å²) in [6.07, 6.45) is 0.735. The zero-order valence-electron chi connectivity index (χ0n) is 7.57. The summed E-state index contributed by atoms with van der Waals surface area (Å²) in [5.74, 6) is 0. The summed E-state index contributed by atoms with van der Waals surface area (Å²) >= 11 is 0. The standard InChI is InChI=1S/C8H16N2O3/c11-6-5-10-3-1-7(2-4-10)9-8(12)13/h7,9,11H,1-6H2,(H,12,13). The summed E-state index contributed by atoms with van der Waals surface area (Å²) in [5.41, 5.74) is 0. The van der Waals surface area contributed by atoms with Crippen molar-refractivity contribution in [2.24, 2.45) is 0 Å². The normalized spacial score (nSPS) is 20.1. The maximum absolute atomic E-state index is 10.3. The summed E-state index contributed by atoms with van der Waals surface area (Å²) in [4.78, 5) is 12.4. The van der Waals surface area contributed by atoms with Gasteiger partial charge in [0.2, 0.25) is 0 Å². The first-order valence-corrected chi connectivity index (χ1v) is 4.55. The van der Waals surface area contributed by atoms with Gasteiger partial charge >= 0.3 is 6.09 Å². The third-order valence-electron chi connectivity index (χ3n) is 2.33. The number of nitrogens with zero attached hydrogens (tertiary/aromatic N) is 1. The van der Waals surface area contributed by atoms with Crippen molar-refractivity contribution in [1.82, 2.24) is 10.2 Å². The Hall–Kier alpha value is -0.810. The van der Waals surface area contributed by atoms with E-state index in [0.717, 1.165) is 25.9 Å². The molecular formula is C8H16N2O3. The summed E-state index contributed by atoms with van der Waals surface area (Å²) in [7, 11) is 0. The molecule has 1 amide bonds. The van der Waals surface area contributed by atoms with Crippen molar-refractivity contribution in [2.45, 2.75) is 18.9 Å². The molecule has 5 heteroatoms. The molecule has 0 spiro atoms. The predicted octanol–water partition coefficient (Wildman–Crippen LogP) is -0.289. The Morgan fingerprint density at radius 2 is 2.08 bits per heavy atom. The predicted molar refractivity (Wildman–Crippen MR) is 47.7 cm³/mol. The van der Waals surface area contributed by atoms with Crippen LogP contribution in [0.15, 0.2) is 0 Å². The first-order valence-electron chi connectivity index (χ1n) is 4.55. The van der Waals surface area contributed by atoms with Gasteiger partial charge in [0.25, 0.3) is 0 Å². The van der Waals surface area contributed by atoms with Crippen LogP contribution >= 0.6 is 0 Å². The SMILES string of the molecule is O=C(O)NC1CCN(CCO)CC1. The largest absolute Gasteiger partial charge is 0.465 e. The molecule has 3 N–H and O–H groups in total. The second kappa shape index (κ2) is 5.04. The van der Waals surface area contributed by atoms with Crippen LogP contribution in [0.25, 0.3) is 0 Å². The molecule has 1 aliphatic heterocycles. The molecule has 0 aromatic rings. The second-order valence-corrected chi connectivity index (χ2v) is 3.29. The number of likely N-dealkylation sites (tertiary alicyclic amines) is 1. The average Bonchev–Trinajstić information content (AvgIpc) is 2.08. The number of amides is 1. The number of β-amino-alcohol motifs (C(OH)–C–C–N with tert-alkyl or cyclic N) is 1. The third kappa shape index (κ3) is 3.61. The van der Waals surface area contributed by atoms with Crippen LogP contribution in [0.4, 0.5) is 4.79 Å². The van der Waals surface area contributed by atoms with Crippen molar-refractivity contribution in [3.05, 3.63) is 0 Å². The Kier molecular flexibility index (Phi) is 3.98. The van der Waals surface area contributed by atoms with Crippen LogP contribution in [0.2, 0.25) is 0 Å². The number of hydrogen-bond acceptors (Lipinski definition) is 3. The average molecular weight is 188 g/mol. The van der Waals surface area contributed by atoms with E-state index < -0.39 is 6.09 Å². The molecule has 0 atom stereocenters. The van der Waals surface area contributed by atoms with Crippen molar-refractivity contribution >= 4 is 6.09 Å². The van der Waals surface area contributed by atoms with Crippen LogP contribution < -0.4 is 5.32 Å². The highest BCUT2D eigenvalue weighted by atomic mass is 16.4. The van der Waals surface area contributed by atoms with Crippen LogP contribution in [-0.2, 0) is 0 Å². The molecule has 1 rings (SSSR count). The highest BCUT2D eigenvalue weighted by Gasteiger charge is 2.19. The molecule has 0 radical (unpaired) electrons. The van der Waals surface area contributed by atoms with E-state index in [1.165, 1.54) is 0 Å². The van der Waals surface area contributed by atoms with Gasteiger partial charge in [-0.25, -0.2) is 4.79 Å². The van der Waals surface area contributed by atoms with Crippen LogP contribution in [0.5, 0.6) is 0 Å². The molecule has 0 aromatic heterocycles. The number of rotatable bonds is 3. The zero-order chi connectivity index (χ0) is 9.68. The Morgan fingerprint density at radius 3 is 2.54 bits per heavy atom. The topological polar surface area (TPSA) is 72.8 Å². The van der Waals surface area contributed by atoms with E-state index in [1.54, 1.807) is 0 Å². The number of aliphatic hydroxyl groups excluding tert-OH is 1. The van der Waals surface area contributed by atoms with Crippen molar-refractivity contribution in [2.75, 3.05) is 26.2 Å². The molecule has 0 aromatic carbocycles. The summed E-state index contributed by atoms with van der Waals surface area (Å²) in [6.45, 7) is 2.60. The van der Waals surface area contributed by atoms with Gasteiger partial charge in [-0.1, -0.05) is 0 Å². The Morgan fingerprint density at radius 1 is 1.46 bits per heavy atom. The lowest BCUT2D eigenvalue weighted by Gasteiger charge is -2.31. The minimum atomic E-state index is -0.944. The number of nitrogens with one attached hydrogen (secondary N) is 1. The number of piperidine rings is 1. The van der Waals surface area contributed by atoms with Crippen LogP contribution in [0.3, 0.4) is 0 Å². The molecule has 13 heavy (non-hydrogen) atoms. The van der Waals surface area contributed by atoms with Gasteiger partial charge in [-0.15, -0.1) is 0 Å². The van der Waals surface area contributed by atoms with E-state index in [4.69, 9.17) is 10.2 Å². The van der Waals surface area contributed by atoms with Gasteiger partial charge in [-0.05, 0) is 12.8 Å². The fourth-order valence-corrected chi connectivity index (χ4v) is 1.62. The van der Waals surface area contributed by atoms with E-state index in [0.29, 0.717) is 6.54 Å².